The van der Waals surface area contributed by atoms with Gasteiger partial charge in [-0.25, -0.2) is 0 Å². The molecule has 54 heavy (non-hydrogen) atoms. The van der Waals surface area contributed by atoms with Crippen molar-refractivity contribution in [2.24, 2.45) is 17.6 Å². The Labute approximate surface area is 336 Å². The topological polar surface area (TPSA) is 64.8 Å². The molecule has 1 fully saturated rings. The monoisotopic (exact) mass is 755 g/mol. The molecule has 0 radical (unpaired) electrons. The minimum absolute atomic E-state index is 0.180. The molecular formula is C49H90N2O3. The van der Waals surface area contributed by atoms with E-state index in [0.29, 0.717) is 24.8 Å². The highest BCUT2D eigenvalue weighted by Gasteiger charge is 2.35. The summed E-state index contributed by atoms with van der Waals surface area (Å²) in [6.45, 7) is 9.63. The van der Waals surface area contributed by atoms with Crippen molar-refractivity contribution in [1.82, 2.24) is 4.90 Å². The number of hydrogen-bond donors (Lipinski definition) is 1. The molecule has 1 rings (SSSR count). The molecule has 0 aromatic carbocycles. The summed E-state index contributed by atoms with van der Waals surface area (Å²) >= 11 is 0. The fourth-order valence-corrected chi connectivity index (χ4v) is 7.36. The van der Waals surface area contributed by atoms with E-state index in [-0.39, 0.29) is 5.91 Å². The molecule has 0 unspecified atom stereocenters. The first kappa shape index (κ1) is 50.3. The summed E-state index contributed by atoms with van der Waals surface area (Å²) in [6.07, 6.45) is 55.1. The summed E-state index contributed by atoms with van der Waals surface area (Å²) in [4.78, 5) is 14.6. The van der Waals surface area contributed by atoms with Gasteiger partial charge in [0.1, 0.15) is 0 Å². The number of rotatable bonds is 40. The Balaban J connectivity index is 2.03. The Bertz CT molecular complexity index is 849. The SMILES string of the molecule is CCCCC/C=C\C/C=C\CCCCCCCCCCOC[C@@H]1CN(C(=O)CCN)C[C@H]1COCCCCCCCCCC/C=C\C/C=C\CCCCC. The molecule has 1 heterocycles. The first-order valence-corrected chi connectivity index (χ1v) is 23.5. The fraction of sp³-hybridized carbons (Fsp3) is 0.816. The van der Waals surface area contributed by atoms with Crippen molar-refractivity contribution in [3.05, 3.63) is 48.6 Å². The zero-order valence-corrected chi connectivity index (χ0v) is 36.0. The van der Waals surface area contributed by atoms with Crippen molar-refractivity contribution in [1.29, 1.82) is 0 Å². The number of nitrogens with zero attached hydrogens (tertiary/aromatic N) is 1. The van der Waals surface area contributed by atoms with Crippen molar-refractivity contribution in [3.63, 3.8) is 0 Å². The zero-order valence-electron chi connectivity index (χ0n) is 36.0. The Morgan fingerprint density at radius 3 is 1.19 bits per heavy atom. The Kier molecular flexibility index (Phi) is 38.2. The van der Waals surface area contributed by atoms with Crippen LogP contribution in [0.5, 0.6) is 0 Å². The molecule has 1 amide bonds. The number of amides is 1. The zero-order chi connectivity index (χ0) is 38.8. The van der Waals surface area contributed by atoms with E-state index in [0.717, 1.165) is 65.2 Å². The molecule has 0 aromatic rings. The Hall–Kier alpha value is -1.69. The molecule has 0 saturated carbocycles. The standard InChI is InChI=1S/C49H90N2O3/c1-3-5-7-9-11-13-15-17-19-21-23-25-27-29-31-33-35-37-41-53-45-47-43-51(49(52)39-40-50)44-48(47)46-54-42-38-36-34-32-30-28-26-24-22-20-18-16-14-12-10-8-6-4-2/h11-14,17-20,47-48H,3-10,15-16,21-46,50H2,1-2H3/b13-11-,14-12-,19-17-,20-18-/t47-,48-/m0/s1. The van der Waals surface area contributed by atoms with E-state index >= 15 is 0 Å². The number of carbonyl (C=O) groups is 1. The van der Waals surface area contributed by atoms with Crippen LogP contribution < -0.4 is 5.73 Å². The van der Waals surface area contributed by atoms with E-state index in [1.165, 1.54) is 154 Å². The highest BCUT2D eigenvalue weighted by Crippen LogP contribution is 2.25. The van der Waals surface area contributed by atoms with E-state index in [9.17, 15) is 4.79 Å². The molecule has 1 saturated heterocycles. The van der Waals surface area contributed by atoms with Crippen LogP contribution in [-0.4, -0.2) is 56.9 Å². The fourth-order valence-electron chi connectivity index (χ4n) is 7.36. The third kappa shape index (κ3) is 32.5. The van der Waals surface area contributed by atoms with Gasteiger partial charge in [-0.05, 0) is 77.0 Å². The van der Waals surface area contributed by atoms with E-state index in [1.807, 2.05) is 4.90 Å². The molecule has 314 valence electrons. The van der Waals surface area contributed by atoms with Gasteiger partial charge in [0.05, 0.1) is 13.2 Å². The maximum Gasteiger partial charge on any atom is 0.223 e. The maximum atomic E-state index is 12.6. The van der Waals surface area contributed by atoms with Crippen LogP contribution in [0.25, 0.3) is 0 Å². The number of allylic oxidation sites excluding steroid dienone is 8. The number of likely N-dealkylation sites (tertiary alicyclic amines) is 1. The summed E-state index contributed by atoms with van der Waals surface area (Å²) < 4.78 is 12.4. The number of unbranched alkanes of at least 4 members (excludes halogenated alkanes) is 22. The van der Waals surface area contributed by atoms with Crippen LogP contribution in [0, 0.1) is 11.8 Å². The van der Waals surface area contributed by atoms with Crippen molar-refractivity contribution in [2.45, 2.75) is 200 Å². The Morgan fingerprint density at radius 2 is 0.833 bits per heavy atom. The van der Waals surface area contributed by atoms with Gasteiger partial charge in [-0.3, -0.25) is 4.79 Å². The lowest BCUT2D eigenvalue weighted by Crippen LogP contribution is -2.31. The van der Waals surface area contributed by atoms with Gasteiger partial charge in [0.25, 0.3) is 0 Å². The number of ether oxygens (including phenoxy) is 2. The smallest absolute Gasteiger partial charge is 0.223 e. The van der Waals surface area contributed by atoms with Crippen molar-refractivity contribution >= 4 is 5.91 Å². The average Bonchev–Trinajstić information content (AvgIpc) is 3.59. The van der Waals surface area contributed by atoms with Gasteiger partial charge >= 0.3 is 0 Å². The largest absolute Gasteiger partial charge is 0.381 e. The van der Waals surface area contributed by atoms with Gasteiger partial charge in [0, 0.05) is 51.1 Å². The lowest BCUT2D eigenvalue weighted by molar-refractivity contribution is -0.130. The van der Waals surface area contributed by atoms with Crippen LogP contribution in [0.4, 0.5) is 0 Å². The lowest BCUT2D eigenvalue weighted by atomic mass is 9.98. The van der Waals surface area contributed by atoms with Gasteiger partial charge in [-0.1, -0.05) is 165 Å². The predicted octanol–water partition coefficient (Wildman–Crippen LogP) is 13.6. The second-order valence-electron chi connectivity index (χ2n) is 16.1. The Morgan fingerprint density at radius 1 is 0.500 bits per heavy atom. The molecule has 5 nitrogen and oxygen atoms in total. The minimum Gasteiger partial charge on any atom is -0.381 e. The van der Waals surface area contributed by atoms with Gasteiger partial charge in [-0.2, -0.15) is 0 Å². The summed E-state index contributed by atoms with van der Waals surface area (Å²) in [7, 11) is 0. The quantitative estimate of drug-likeness (QED) is 0.0500. The van der Waals surface area contributed by atoms with Crippen LogP contribution >= 0.6 is 0 Å². The minimum atomic E-state index is 0.180. The molecule has 2 N–H and O–H groups in total. The normalized spacial score (nSPS) is 16.5. The van der Waals surface area contributed by atoms with Crippen LogP contribution in [-0.2, 0) is 14.3 Å². The highest BCUT2D eigenvalue weighted by molar-refractivity contribution is 5.76. The molecule has 5 heteroatoms. The highest BCUT2D eigenvalue weighted by atomic mass is 16.5. The first-order chi connectivity index (χ1) is 26.7. The second kappa shape index (κ2) is 41.0. The first-order valence-electron chi connectivity index (χ1n) is 23.5. The molecule has 1 aliphatic heterocycles. The molecule has 0 aliphatic carbocycles. The summed E-state index contributed by atoms with van der Waals surface area (Å²) in [5.74, 6) is 0.905. The number of nitrogens with two attached hydrogens (primary N) is 1. The second-order valence-corrected chi connectivity index (χ2v) is 16.1. The van der Waals surface area contributed by atoms with E-state index < -0.39 is 0 Å². The van der Waals surface area contributed by atoms with Gasteiger partial charge < -0.3 is 20.1 Å². The predicted molar refractivity (Wildman–Crippen MR) is 236 cm³/mol. The van der Waals surface area contributed by atoms with E-state index in [1.54, 1.807) is 0 Å². The summed E-state index contributed by atoms with van der Waals surface area (Å²) in [5.41, 5.74) is 5.69. The molecule has 0 bridgehead atoms. The summed E-state index contributed by atoms with van der Waals surface area (Å²) in [5, 5.41) is 0. The summed E-state index contributed by atoms with van der Waals surface area (Å²) in [6, 6.07) is 0. The van der Waals surface area contributed by atoms with Gasteiger partial charge in [0.15, 0.2) is 0 Å². The molecular weight excluding hydrogens is 665 g/mol. The van der Waals surface area contributed by atoms with Crippen molar-refractivity contribution < 1.29 is 14.3 Å². The molecule has 2 atom stereocenters. The molecule has 0 aromatic heterocycles. The maximum absolute atomic E-state index is 12.6. The van der Waals surface area contributed by atoms with Crippen molar-refractivity contribution in [2.75, 3.05) is 46.1 Å². The third-order valence-electron chi connectivity index (χ3n) is 10.9. The van der Waals surface area contributed by atoms with E-state index in [2.05, 4.69) is 62.5 Å². The van der Waals surface area contributed by atoms with Crippen molar-refractivity contribution in [3.8, 4) is 0 Å². The van der Waals surface area contributed by atoms with Gasteiger partial charge in [0.2, 0.25) is 5.91 Å². The average molecular weight is 755 g/mol. The molecule has 1 aliphatic rings. The lowest BCUT2D eigenvalue weighted by Gasteiger charge is -2.18. The van der Waals surface area contributed by atoms with Crippen LogP contribution in [0.15, 0.2) is 48.6 Å². The van der Waals surface area contributed by atoms with Crippen LogP contribution in [0.3, 0.4) is 0 Å². The number of carbonyl (C=O) groups excluding carboxylic acids is 1. The number of hydrogen-bond acceptors (Lipinski definition) is 4. The third-order valence-corrected chi connectivity index (χ3v) is 10.9. The van der Waals surface area contributed by atoms with Gasteiger partial charge in [-0.15, -0.1) is 0 Å². The van der Waals surface area contributed by atoms with E-state index in [4.69, 9.17) is 15.2 Å². The van der Waals surface area contributed by atoms with Crippen LogP contribution in [0.1, 0.15) is 200 Å². The van der Waals surface area contributed by atoms with Crippen LogP contribution in [0.2, 0.25) is 0 Å². The molecule has 0 spiro atoms.